The van der Waals surface area contributed by atoms with Gasteiger partial charge in [-0.2, -0.15) is 0 Å². The monoisotopic (exact) mass is 455 g/mol. The van der Waals surface area contributed by atoms with Crippen molar-refractivity contribution in [2.45, 2.75) is 30.6 Å². The number of fused-ring (bicyclic) bond motifs is 1. The third kappa shape index (κ3) is 5.07. The van der Waals surface area contributed by atoms with Crippen molar-refractivity contribution in [3.05, 3.63) is 23.1 Å². The number of aromatic nitrogens is 4. The Kier molecular flexibility index (Phi) is 7.66. The van der Waals surface area contributed by atoms with Crippen molar-refractivity contribution >= 4 is 35.2 Å². The van der Waals surface area contributed by atoms with Crippen LogP contribution in [0.2, 0.25) is 0 Å². The second kappa shape index (κ2) is 10.2. The largest absolute Gasteiger partial charge is 0.394 e. The van der Waals surface area contributed by atoms with Crippen molar-refractivity contribution in [1.82, 2.24) is 24.8 Å². The Morgan fingerprint density at radius 1 is 1.35 bits per heavy atom. The van der Waals surface area contributed by atoms with Gasteiger partial charge in [0.2, 0.25) is 11.9 Å². The number of nitrogens with zero attached hydrogens (tertiary/aromatic N) is 3. The van der Waals surface area contributed by atoms with E-state index in [9.17, 15) is 20.1 Å². The van der Waals surface area contributed by atoms with Gasteiger partial charge < -0.3 is 46.5 Å². The van der Waals surface area contributed by atoms with Crippen LogP contribution in [-0.2, 0) is 9.53 Å². The number of hydrogen-bond acceptors (Lipinski definition) is 11. The summed E-state index contributed by atoms with van der Waals surface area (Å²) in [5, 5.41) is 43.9. The molecule has 2 aromatic rings. The third-order valence-corrected chi connectivity index (χ3v) is 5.00. The van der Waals surface area contributed by atoms with Crippen LogP contribution < -0.4 is 16.4 Å². The quantitative estimate of drug-likeness (QED) is 0.147. The molecule has 13 nitrogen and oxygen atoms in total. The summed E-state index contributed by atoms with van der Waals surface area (Å²) in [5.41, 5.74) is 6.20. The number of nitrogens with one attached hydrogen (secondary N) is 3. The Morgan fingerprint density at radius 2 is 2.10 bits per heavy atom. The minimum Gasteiger partial charge on any atom is -0.394 e. The standard InChI is InChI=1S/C17H25N7O6S/c18-8(5-25)14(29)19-3-1-2-4-20-17-22-13-10(15(31)23-17)21-7-24(13)16-12(28)11(27)9(6-26)30-16/h1-2,7-9,11-12,16,25-28H,3-6,18H2,(H,19,29)(H2,20,22,23,31)/b2-1+/t8?,9-,11-,12-,16-/m1/s1. The van der Waals surface area contributed by atoms with E-state index >= 15 is 0 Å². The van der Waals surface area contributed by atoms with Crippen LogP contribution in [0, 0.1) is 4.64 Å². The normalized spacial score (nSPS) is 24.7. The van der Waals surface area contributed by atoms with Gasteiger partial charge in [-0.05, 0) is 0 Å². The van der Waals surface area contributed by atoms with E-state index in [0.717, 1.165) is 0 Å². The van der Waals surface area contributed by atoms with Gasteiger partial charge in [0.25, 0.3) is 0 Å². The molecule has 0 bridgehead atoms. The highest BCUT2D eigenvalue weighted by atomic mass is 32.1. The van der Waals surface area contributed by atoms with Crippen molar-refractivity contribution in [3.8, 4) is 0 Å². The maximum absolute atomic E-state index is 11.5. The van der Waals surface area contributed by atoms with Crippen LogP contribution in [0.25, 0.3) is 11.2 Å². The fraction of sp³-hybridized carbons (Fsp3) is 0.529. The number of hydrogen-bond donors (Lipinski definition) is 8. The van der Waals surface area contributed by atoms with Crippen molar-refractivity contribution in [1.29, 1.82) is 0 Å². The van der Waals surface area contributed by atoms with Gasteiger partial charge in [-0.3, -0.25) is 9.36 Å². The molecule has 1 unspecified atom stereocenters. The number of carbonyl (C=O) groups is 1. The fourth-order valence-corrected chi connectivity index (χ4v) is 3.26. The van der Waals surface area contributed by atoms with E-state index in [1.54, 1.807) is 12.2 Å². The highest BCUT2D eigenvalue weighted by Crippen LogP contribution is 2.31. The number of ether oxygens (including phenoxy) is 1. The van der Waals surface area contributed by atoms with Crippen molar-refractivity contribution in [2.75, 3.05) is 31.6 Å². The highest BCUT2D eigenvalue weighted by Gasteiger charge is 2.43. The second-order valence-corrected chi connectivity index (χ2v) is 7.24. The molecular formula is C17H25N7O6S. The number of nitrogens with two attached hydrogens (primary N) is 1. The molecule has 1 aliphatic heterocycles. The van der Waals surface area contributed by atoms with Gasteiger partial charge in [0, 0.05) is 13.1 Å². The van der Waals surface area contributed by atoms with E-state index < -0.39 is 49.7 Å². The Bertz CT molecular complexity index is 995. The Hall–Kier alpha value is -2.46. The van der Waals surface area contributed by atoms with E-state index in [-0.39, 0.29) is 11.2 Å². The fourth-order valence-electron chi connectivity index (χ4n) is 3.02. The Balaban J connectivity index is 1.67. The summed E-state index contributed by atoms with van der Waals surface area (Å²) in [6.45, 7) is -0.267. The third-order valence-electron chi connectivity index (χ3n) is 4.72. The Labute approximate surface area is 181 Å². The molecular weight excluding hydrogens is 430 g/mol. The molecule has 0 spiro atoms. The molecule has 5 atom stereocenters. The van der Waals surface area contributed by atoms with Gasteiger partial charge in [0.05, 0.1) is 19.5 Å². The van der Waals surface area contributed by atoms with Crippen LogP contribution in [0.3, 0.4) is 0 Å². The number of aliphatic hydroxyl groups excluding tert-OH is 4. The SMILES string of the molecule is NC(CO)C(=O)NC/C=C/CNc1nc(=S)c2ncn([C@@H]3O[C@H](CO)[C@@H](O)[C@H]3O)c2[nH]1. The molecule has 31 heavy (non-hydrogen) atoms. The zero-order valence-corrected chi connectivity index (χ0v) is 17.2. The molecule has 3 rings (SSSR count). The average molecular weight is 455 g/mol. The van der Waals surface area contributed by atoms with E-state index in [1.807, 2.05) is 0 Å². The van der Waals surface area contributed by atoms with E-state index in [2.05, 4.69) is 25.6 Å². The molecule has 0 aromatic carbocycles. The average Bonchev–Trinajstić information content (AvgIpc) is 3.31. The molecule has 170 valence electrons. The first kappa shape index (κ1) is 23.2. The first-order chi connectivity index (χ1) is 14.9. The number of aromatic amines is 1. The molecule has 1 amide bonds. The van der Waals surface area contributed by atoms with Crippen molar-refractivity contribution in [3.63, 3.8) is 0 Å². The van der Waals surface area contributed by atoms with Crippen molar-refractivity contribution in [2.24, 2.45) is 5.73 Å². The number of amides is 1. The summed E-state index contributed by atoms with van der Waals surface area (Å²) in [5.74, 6) is -0.114. The molecule has 0 radical (unpaired) electrons. The molecule has 1 fully saturated rings. The van der Waals surface area contributed by atoms with E-state index in [0.29, 0.717) is 23.7 Å². The summed E-state index contributed by atoms with van der Waals surface area (Å²) in [6, 6.07) is -0.955. The molecule has 0 aliphatic carbocycles. The van der Waals surface area contributed by atoms with Crippen LogP contribution in [0.15, 0.2) is 18.5 Å². The van der Waals surface area contributed by atoms with Gasteiger partial charge in [-0.1, -0.05) is 24.4 Å². The number of aliphatic hydroxyl groups is 4. The number of imidazole rings is 1. The summed E-state index contributed by atoms with van der Waals surface area (Å²) in [7, 11) is 0. The number of anilines is 1. The predicted octanol–water partition coefficient (Wildman–Crippen LogP) is -2.50. The molecule has 9 N–H and O–H groups in total. The number of H-pyrrole nitrogens is 1. The summed E-state index contributed by atoms with van der Waals surface area (Å²) in [6.07, 6.45) is 0.458. The first-order valence-electron chi connectivity index (χ1n) is 9.49. The van der Waals surface area contributed by atoms with Gasteiger partial charge in [-0.15, -0.1) is 0 Å². The highest BCUT2D eigenvalue weighted by molar-refractivity contribution is 7.71. The topological polar surface area (TPSA) is 204 Å². The lowest BCUT2D eigenvalue weighted by Gasteiger charge is -2.17. The summed E-state index contributed by atoms with van der Waals surface area (Å²) < 4.78 is 7.25. The molecule has 2 aromatic heterocycles. The number of rotatable bonds is 9. The molecule has 0 saturated carbocycles. The van der Waals surface area contributed by atoms with Gasteiger partial charge in [0.1, 0.15) is 35.5 Å². The molecule has 1 saturated heterocycles. The Morgan fingerprint density at radius 3 is 2.77 bits per heavy atom. The van der Waals surface area contributed by atoms with Gasteiger partial charge in [-0.25, -0.2) is 9.97 Å². The summed E-state index contributed by atoms with van der Waals surface area (Å²) in [4.78, 5) is 22.9. The maximum atomic E-state index is 11.5. The lowest BCUT2D eigenvalue weighted by molar-refractivity contribution is -0.122. The van der Waals surface area contributed by atoms with Gasteiger partial charge in [0.15, 0.2) is 10.9 Å². The first-order valence-corrected chi connectivity index (χ1v) is 9.90. The number of carbonyl (C=O) groups excluding carboxylic acids is 1. The minimum atomic E-state index is -1.27. The van der Waals surface area contributed by atoms with Crippen LogP contribution in [0.4, 0.5) is 5.95 Å². The molecule has 3 heterocycles. The predicted molar refractivity (Wildman–Crippen MR) is 111 cm³/mol. The smallest absolute Gasteiger partial charge is 0.239 e. The van der Waals surface area contributed by atoms with Crippen LogP contribution >= 0.6 is 12.2 Å². The van der Waals surface area contributed by atoms with Gasteiger partial charge >= 0.3 is 0 Å². The van der Waals surface area contributed by atoms with Crippen molar-refractivity contribution < 1.29 is 30.0 Å². The minimum absolute atomic E-state index is 0.218. The van der Waals surface area contributed by atoms with Crippen LogP contribution in [0.5, 0.6) is 0 Å². The van der Waals surface area contributed by atoms with Crippen LogP contribution in [0.1, 0.15) is 6.23 Å². The second-order valence-electron chi connectivity index (χ2n) is 6.85. The maximum Gasteiger partial charge on any atom is 0.239 e. The van der Waals surface area contributed by atoms with E-state index in [1.165, 1.54) is 10.9 Å². The van der Waals surface area contributed by atoms with Crippen LogP contribution in [-0.4, -0.2) is 96.5 Å². The van der Waals surface area contributed by atoms with E-state index in [4.69, 9.17) is 27.8 Å². The zero-order chi connectivity index (χ0) is 22.5. The summed E-state index contributed by atoms with van der Waals surface area (Å²) >= 11 is 5.28. The lowest BCUT2D eigenvalue weighted by Crippen LogP contribution is -2.42. The zero-order valence-electron chi connectivity index (χ0n) is 16.4. The molecule has 14 heteroatoms. The lowest BCUT2D eigenvalue weighted by atomic mass is 10.1. The molecule has 1 aliphatic rings.